The molecule has 8 nitrogen and oxygen atoms in total. The third-order valence-electron chi connectivity index (χ3n) is 6.70. The van der Waals surface area contributed by atoms with Crippen molar-refractivity contribution in [2.45, 2.75) is 26.1 Å². The van der Waals surface area contributed by atoms with E-state index >= 15 is 0 Å². The summed E-state index contributed by atoms with van der Waals surface area (Å²) in [6, 6.07) is 6.35. The van der Waals surface area contributed by atoms with Crippen LogP contribution in [0.25, 0.3) is 22.6 Å². The summed E-state index contributed by atoms with van der Waals surface area (Å²) in [6.45, 7) is 8.79. The second-order valence-electron chi connectivity index (χ2n) is 9.03. The van der Waals surface area contributed by atoms with Crippen molar-refractivity contribution in [3.05, 3.63) is 70.4 Å². The molecular formula is C26H25F3N6O2S. The number of methoxy groups -OCH3 is 1. The predicted octanol–water partition coefficient (Wildman–Crippen LogP) is 5.01. The van der Waals surface area contributed by atoms with Gasteiger partial charge < -0.3 is 14.5 Å². The lowest BCUT2D eigenvalue weighted by Crippen LogP contribution is -2.53. The summed E-state index contributed by atoms with van der Waals surface area (Å²) in [5, 5.41) is 6.65. The molecule has 4 aromatic rings. The Bertz CT molecular complexity index is 1500. The minimum Gasteiger partial charge on any atom is -0.497 e. The molecule has 38 heavy (non-hydrogen) atoms. The molecule has 1 aromatic carbocycles. The zero-order chi connectivity index (χ0) is 27.2. The molecular weight excluding hydrogens is 517 g/mol. The molecule has 0 aliphatic carbocycles. The van der Waals surface area contributed by atoms with Gasteiger partial charge in [0.15, 0.2) is 11.3 Å². The molecule has 1 aliphatic rings. The molecule has 0 saturated carbocycles. The van der Waals surface area contributed by atoms with Gasteiger partial charge in [-0.1, -0.05) is 6.58 Å². The second kappa shape index (κ2) is 9.75. The van der Waals surface area contributed by atoms with Crippen molar-refractivity contribution in [3.8, 4) is 17.0 Å². The number of halogens is 3. The van der Waals surface area contributed by atoms with Crippen LogP contribution in [0.2, 0.25) is 0 Å². The van der Waals surface area contributed by atoms with E-state index in [2.05, 4.69) is 26.5 Å². The lowest BCUT2D eigenvalue weighted by molar-refractivity contribution is -0.143. The van der Waals surface area contributed by atoms with Gasteiger partial charge in [-0.25, -0.2) is 14.5 Å². The molecule has 0 bridgehead atoms. The summed E-state index contributed by atoms with van der Waals surface area (Å²) >= 11 is 1.49. The van der Waals surface area contributed by atoms with E-state index < -0.39 is 17.8 Å². The SMILES string of the molecule is C=C(c1nccs1)N1CCN(C(=O)c2cnn3c(C(F)(F)F)c(C)c(-c4ccc(OC)cc4)nc23)[C@H](C)C1. The standard InChI is InChI=1S/C26H25F3N6O2S/c1-15-14-33(17(3)24-30-9-12-38-24)10-11-34(15)25(36)20-13-31-35-22(26(27,28)29)16(2)21(32-23(20)35)18-5-7-19(37-4)8-6-18/h5-9,12-13,15H,3,10-11,14H2,1-2,4H3/t15-/m1/s1. The number of aromatic nitrogens is 4. The molecule has 0 N–H and O–H groups in total. The van der Waals surface area contributed by atoms with Gasteiger partial charge in [0.2, 0.25) is 0 Å². The minimum absolute atomic E-state index is 0.0179. The number of rotatable bonds is 5. The van der Waals surface area contributed by atoms with E-state index in [0.717, 1.165) is 15.2 Å². The van der Waals surface area contributed by atoms with Crippen LogP contribution < -0.4 is 4.74 Å². The molecule has 1 atom stereocenters. The zero-order valence-electron chi connectivity index (χ0n) is 21.0. The lowest BCUT2D eigenvalue weighted by atomic mass is 10.0. The normalized spacial score (nSPS) is 16.2. The Hall–Kier alpha value is -3.93. The predicted molar refractivity (Wildman–Crippen MR) is 138 cm³/mol. The first-order valence-electron chi connectivity index (χ1n) is 11.8. The van der Waals surface area contributed by atoms with Crippen molar-refractivity contribution in [1.29, 1.82) is 0 Å². The van der Waals surface area contributed by atoms with E-state index in [4.69, 9.17) is 4.74 Å². The number of thiazole rings is 1. The summed E-state index contributed by atoms with van der Waals surface area (Å²) in [5.41, 5.74) is 0.207. The smallest absolute Gasteiger partial charge is 0.433 e. The molecule has 1 fully saturated rings. The third kappa shape index (κ3) is 4.49. The number of piperazine rings is 1. The maximum Gasteiger partial charge on any atom is 0.433 e. The lowest BCUT2D eigenvalue weighted by Gasteiger charge is -2.41. The summed E-state index contributed by atoms with van der Waals surface area (Å²) in [4.78, 5) is 26.2. The van der Waals surface area contributed by atoms with Crippen LogP contribution in [-0.2, 0) is 6.18 Å². The second-order valence-corrected chi connectivity index (χ2v) is 9.93. The van der Waals surface area contributed by atoms with Gasteiger partial charge in [0.1, 0.15) is 16.3 Å². The van der Waals surface area contributed by atoms with Gasteiger partial charge in [0, 0.05) is 48.4 Å². The first-order chi connectivity index (χ1) is 18.1. The highest BCUT2D eigenvalue weighted by Gasteiger charge is 2.39. The van der Waals surface area contributed by atoms with E-state index in [1.165, 1.54) is 31.6 Å². The monoisotopic (exact) mass is 542 g/mol. The average molecular weight is 543 g/mol. The Balaban J connectivity index is 1.51. The Morgan fingerprint density at radius 3 is 2.55 bits per heavy atom. The first kappa shape index (κ1) is 25.7. The molecule has 0 spiro atoms. The molecule has 12 heteroatoms. The van der Waals surface area contributed by atoms with Crippen molar-refractivity contribution in [3.63, 3.8) is 0 Å². The molecule has 3 aromatic heterocycles. The molecule has 4 heterocycles. The van der Waals surface area contributed by atoms with Crippen LogP contribution >= 0.6 is 11.3 Å². The number of ether oxygens (including phenoxy) is 1. The number of hydrogen-bond acceptors (Lipinski definition) is 7. The van der Waals surface area contributed by atoms with Gasteiger partial charge in [-0.2, -0.15) is 18.3 Å². The van der Waals surface area contributed by atoms with E-state index in [1.54, 1.807) is 35.4 Å². The fourth-order valence-electron chi connectivity index (χ4n) is 4.75. The largest absolute Gasteiger partial charge is 0.497 e. The fourth-order valence-corrected chi connectivity index (χ4v) is 5.39. The average Bonchev–Trinajstić information content (AvgIpc) is 3.57. The van der Waals surface area contributed by atoms with Crippen molar-refractivity contribution < 1.29 is 22.7 Å². The van der Waals surface area contributed by atoms with E-state index in [9.17, 15) is 18.0 Å². The van der Waals surface area contributed by atoms with Crippen LogP contribution in [0, 0.1) is 6.92 Å². The number of nitrogens with zero attached hydrogens (tertiary/aromatic N) is 6. The highest BCUT2D eigenvalue weighted by molar-refractivity contribution is 7.10. The van der Waals surface area contributed by atoms with Crippen molar-refractivity contribution in [2.75, 3.05) is 26.7 Å². The van der Waals surface area contributed by atoms with Crippen molar-refractivity contribution >= 4 is 28.6 Å². The quantitative estimate of drug-likeness (QED) is 0.353. The highest BCUT2D eigenvalue weighted by atomic mass is 32.1. The maximum absolute atomic E-state index is 14.2. The van der Waals surface area contributed by atoms with Crippen molar-refractivity contribution in [1.82, 2.24) is 29.4 Å². The number of hydrogen-bond donors (Lipinski definition) is 0. The molecule has 1 amide bonds. The zero-order valence-corrected chi connectivity index (χ0v) is 21.8. The van der Waals surface area contributed by atoms with Crippen LogP contribution in [0.15, 0.2) is 48.6 Å². The van der Waals surface area contributed by atoms with Gasteiger partial charge in [-0.15, -0.1) is 11.3 Å². The highest BCUT2D eigenvalue weighted by Crippen LogP contribution is 2.37. The van der Waals surface area contributed by atoms with Gasteiger partial charge in [-0.05, 0) is 38.1 Å². The molecule has 5 rings (SSSR count). The minimum atomic E-state index is -4.71. The number of carbonyl (C=O) groups excluding carboxylic acids is 1. The molecule has 198 valence electrons. The summed E-state index contributed by atoms with van der Waals surface area (Å²) in [6.07, 6.45) is -1.83. The molecule has 0 unspecified atom stereocenters. The maximum atomic E-state index is 14.2. The van der Waals surface area contributed by atoms with Crippen LogP contribution in [0.4, 0.5) is 13.2 Å². The van der Waals surface area contributed by atoms with Gasteiger partial charge >= 0.3 is 6.18 Å². The summed E-state index contributed by atoms with van der Waals surface area (Å²) in [7, 11) is 1.51. The molecule has 0 radical (unpaired) electrons. The van der Waals surface area contributed by atoms with Crippen molar-refractivity contribution in [2.24, 2.45) is 0 Å². The van der Waals surface area contributed by atoms with Gasteiger partial charge in [0.05, 0.1) is 24.7 Å². The van der Waals surface area contributed by atoms with Crippen LogP contribution in [0.5, 0.6) is 5.75 Å². The Morgan fingerprint density at radius 1 is 1.21 bits per heavy atom. The molecule has 1 aliphatic heterocycles. The number of amides is 1. The van der Waals surface area contributed by atoms with Crippen LogP contribution in [0.3, 0.4) is 0 Å². The van der Waals surface area contributed by atoms with E-state index in [-0.39, 0.29) is 28.5 Å². The summed E-state index contributed by atoms with van der Waals surface area (Å²) < 4.78 is 48.6. The number of benzene rings is 1. The van der Waals surface area contributed by atoms with E-state index in [1.807, 2.05) is 12.3 Å². The Morgan fingerprint density at radius 2 is 1.95 bits per heavy atom. The third-order valence-corrected chi connectivity index (χ3v) is 7.52. The topological polar surface area (TPSA) is 75.9 Å². The number of carbonyl (C=O) groups is 1. The summed E-state index contributed by atoms with van der Waals surface area (Å²) in [5.74, 6) is 0.145. The Kier molecular flexibility index (Phi) is 6.59. The fraction of sp³-hybridized carbons (Fsp3) is 0.308. The molecule has 1 saturated heterocycles. The van der Waals surface area contributed by atoms with Crippen LogP contribution in [0.1, 0.15) is 33.5 Å². The first-order valence-corrected chi connectivity index (χ1v) is 12.7. The van der Waals surface area contributed by atoms with E-state index in [0.29, 0.717) is 30.9 Å². The number of fused-ring (bicyclic) bond motifs is 1. The van der Waals surface area contributed by atoms with Gasteiger partial charge in [0.25, 0.3) is 5.91 Å². The van der Waals surface area contributed by atoms with Crippen LogP contribution in [-0.4, -0.2) is 68.1 Å². The van der Waals surface area contributed by atoms with Gasteiger partial charge in [-0.3, -0.25) is 4.79 Å². The number of alkyl halides is 3. The Labute approximate surface area is 221 Å².